The van der Waals surface area contributed by atoms with Crippen LogP contribution in [0.4, 0.5) is 0 Å². The maximum atomic E-state index is 10.6. The van der Waals surface area contributed by atoms with E-state index in [1.165, 1.54) is 6.33 Å². The van der Waals surface area contributed by atoms with E-state index in [0.717, 1.165) is 6.07 Å². The summed E-state index contributed by atoms with van der Waals surface area (Å²) in [5.41, 5.74) is -0.0718. The first-order chi connectivity index (χ1) is 5.18. The van der Waals surface area contributed by atoms with Crippen molar-refractivity contribution in [2.75, 3.05) is 0 Å². The van der Waals surface area contributed by atoms with Gasteiger partial charge in [0.2, 0.25) is 0 Å². The van der Waals surface area contributed by atoms with Crippen LogP contribution in [0.1, 0.15) is 5.69 Å². The Kier molecular flexibility index (Phi) is 2.00. The van der Waals surface area contributed by atoms with Crippen molar-refractivity contribution in [2.45, 2.75) is 6.42 Å². The zero-order chi connectivity index (χ0) is 8.27. The first-order valence-electron chi connectivity index (χ1n) is 2.94. The van der Waals surface area contributed by atoms with Crippen molar-refractivity contribution in [1.82, 2.24) is 9.97 Å². The SMILES string of the molecule is O=C(O)Cc1cc(=O)[nH]cn1. The maximum Gasteiger partial charge on any atom is 0.309 e. The highest BCUT2D eigenvalue weighted by Crippen LogP contribution is 1.87. The number of carboxylic acids is 1. The summed E-state index contributed by atoms with van der Waals surface area (Å²) in [4.78, 5) is 26.6. The van der Waals surface area contributed by atoms with Crippen molar-refractivity contribution >= 4 is 5.97 Å². The molecule has 0 spiro atoms. The Balaban J connectivity index is 2.88. The summed E-state index contributed by atoms with van der Waals surface area (Å²) < 4.78 is 0. The summed E-state index contributed by atoms with van der Waals surface area (Å²) in [7, 11) is 0. The third-order valence-corrected chi connectivity index (χ3v) is 1.07. The first-order valence-corrected chi connectivity index (χ1v) is 2.94. The summed E-state index contributed by atoms with van der Waals surface area (Å²) >= 11 is 0. The standard InChI is InChI=1S/C6H6N2O3/c9-5-1-4(2-6(10)11)7-3-8-5/h1,3H,2H2,(H,10,11)(H,7,8,9). The minimum atomic E-state index is -0.997. The number of carboxylic acid groups (broad SMARTS) is 1. The highest BCUT2D eigenvalue weighted by atomic mass is 16.4. The van der Waals surface area contributed by atoms with Crippen LogP contribution >= 0.6 is 0 Å². The van der Waals surface area contributed by atoms with E-state index in [1.807, 2.05) is 0 Å². The Labute approximate surface area is 61.7 Å². The molecule has 0 aliphatic heterocycles. The van der Waals surface area contributed by atoms with Crippen LogP contribution in [0.2, 0.25) is 0 Å². The van der Waals surface area contributed by atoms with Gasteiger partial charge in [-0.05, 0) is 0 Å². The molecule has 0 aliphatic rings. The predicted molar refractivity (Wildman–Crippen MR) is 36.2 cm³/mol. The minimum Gasteiger partial charge on any atom is -0.481 e. The molecular formula is C6H6N2O3. The van der Waals surface area contributed by atoms with Gasteiger partial charge >= 0.3 is 5.97 Å². The van der Waals surface area contributed by atoms with Crippen molar-refractivity contribution in [3.8, 4) is 0 Å². The van der Waals surface area contributed by atoms with E-state index >= 15 is 0 Å². The van der Waals surface area contributed by atoms with Crippen molar-refractivity contribution in [2.24, 2.45) is 0 Å². The van der Waals surface area contributed by atoms with E-state index in [0.29, 0.717) is 0 Å². The van der Waals surface area contributed by atoms with Crippen molar-refractivity contribution in [3.05, 3.63) is 28.4 Å². The highest BCUT2D eigenvalue weighted by Gasteiger charge is 2.00. The lowest BCUT2D eigenvalue weighted by Crippen LogP contribution is -2.10. The largest absolute Gasteiger partial charge is 0.481 e. The topological polar surface area (TPSA) is 83.0 Å². The van der Waals surface area contributed by atoms with Gasteiger partial charge in [-0.1, -0.05) is 0 Å². The van der Waals surface area contributed by atoms with Crippen molar-refractivity contribution in [3.63, 3.8) is 0 Å². The van der Waals surface area contributed by atoms with E-state index in [9.17, 15) is 9.59 Å². The Bertz CT molecular complexity index is 318. The Morgan fingerprint density at radius 3 is 3.00 bits per heavy atom. The maximum absolute atomic E-state index is 10.6. The lowest BCUT2D eigenvalue weighted by atomic mass is 10.3. The summed E-state index contributed by atoms with van der Waals surface area (Å²) in [5.74, 6) is -0.997. The summed E-state index contributed by atoms with van der Waals surface area (Å²) in [6.45, 7) is 0. The Hall–Kier alpha value is -1.65. The van der Waals surface area contributed by atoms with E-state index in [4.69, 9.17) is 5.11 Å². The molecule has 58 valence electrons. The van der Waals surface area contributed by atoms with Crippen LogP contribution in [-0.2, 0) is 11.2 Å². The molecule has 1 aromatic heterocycles. The average molecular weight is 154 g/mol. The molecule has 0 unspecified atom stereocenters. The van der Waals surface area contributed by atoms with Gasteiger partial charge in [0.05, 0.1) is 18.4 Å². The molecular weight excluding hydrogens is 148 g/mol. The normalized spacial score (nSPS) is 9.45. The molecule has 5 nitrogen and oxygen atoms in total. The fourth-order valence-electron chi connectivity index (χ4n) is 0.661. The van der Waals surface area contributed by atoms with Crippen LogP contribution < -0.4 is 5.56 Å². The first kappa shape index (κ1) is 7.46. The molecule has 1 heterocycles. The van der Waals surface area contributed by atoms with Crippen molar-refractivity contribution < 1.29 is 9.90 Å². The molecule has 0 amide bonds. The average Bonchev–Trinajstić information content (AvgIpc) is 1.85. The van der Waals surface area contributed by atoms with Gasteiger partial charge in [-0.3, -0.25) is 9.59 Å². The monoisotopic (exact) mass is 154 g/mol. The summed E-state index contributed by atoms with van der Waals surface area (Å²) in [6.07, 6.45) is 0.963. The molecule has 0 fully saturated rings. The molecule has 0 aliphatic carbocycles. The molecule has 2 N–H and O–H groups in total. The van der Waals surface area contributed by atoms with E-state index in [-0.39, 0.29) is 17.7 Å². The number of H-pyrrole nitrogens is 1. The van der Waals surface area contributed by atoms with Crippen LogP contribution in [0.25, 0.3) is 0 Å². The lowest BCUT2D eigenvalue weighted by molar-refractivity contribution is -0.136. The third kappa shape index (κ3) is 2.21. The number of rotatable bonds is 2. The number of aliphatic carboxylic acids is 1. The van der Waals surface area contributed by atoms with Gasteiger partial charge in [-0.15, -0.1) is 0 Å². The minimum absolute atomic E-state index is 0.218. The molecule has 0 saturated heterocycles. The van der Waals surface area contributed by atoms with E-state index in [1.54, 1.807) is 0 Å². The molecule has 0 aromatic carbocycles. The van der Waals surface area contributed by atoms with Crippen LogP contribution in [0.5, 0.6) is 0 Å². The van der Waals surface area contributed by atoms with Gasteiger partial charge in [0.1, 0.15) is 0 Å². The van der Waals surface area contributed by atoms with Crippen LogP contribution in [0.15, 0.2) is 17.2 Å². The van der Waals surface area contributed by atoms with Gasteiger partial charge in [0.25, 0.3) is 5.56 Å². The molecule has 0 saturated carbocycles. The zero-order valence-electron chi connectivity index (χ0n) is 5.57. The molecule has 0 bridgehead atoms. The number of nitrogens with one attached hydrogen (secondary N) is 1. The highest BCUT2D eigenvalue weighted by molar-refractivity contribution is 5.69. The predicted octanol–water partition coefficient (Wildman–Crippen LogP) is -0.603. The molecule has 5 heteroatoms. The fraction of sp³-hybridized carbons (Fsp3) is 0.167. The molecule has 0 radical (unpaired) electrons. The number of aromatic nitrogens is 2. The van der Waals surface area contributed by atoms with Gasteiger partial charge in [0, 0.05) is 6.07 Å². The quantitative estimate of drug-likeness (QED) is 0.595. The molecule has 1 aromatic rings. The second-order valence-electron chi connectivity index (χ2n) is 1.97. The van der Waals surface area contributed by atoms with E-state index in [2.05, 4.69) is 9.97 Å². The number of carbonyl (C=O) groups is 1. The van der Waals surface area contributed by atoms with Gasteiger partial charge in [-0.2, -0.15) is 0 Å². The number of aromatic amines is 1. The number of nitrogens with zero attached hydrogens (tertiary/aromatic N) is 1. The smallest absolute Gasteiger partial charge is 0.309 e. The Morgan fingerprint density at radius 1 is 1.73 bits per heavy atom. The molecule has 1 rings (SSSR count). The zero-order valence-corrected chi connectivity index (χ0v) is 5.57. The Morgan fingerprint density at radius 2 is 2.45 bits per heavy atom. The van der Waals surface area contributed by atoms with Gasteiger partial charge in [-0.25, -0.2) is 4.98 Å². The molecule has 11 heavy (non-hydrogen) atoms. The summed E-state index contributed by atoms with van der Waals surface area (Å²) in [6, 6.07) is 1.16. The fourth-order valence-corrected chi connectivity index (χ4v) is 0.661. The van der Waals surface area contributed by atoms with E-state index < -0.39 is 5.97 Å². The van der Waals surface area contributed by atoms with Gasteiger partial charge in [0.15, 0.2) is 0 Å². The van der Waals surface area contributed by atoms with Crippen LogP contribution in [0, 0.1) is 0 Å². The second-order valence-corrected chi connectivity index (χ2v) is 1.97. The lowest BCUT2D eigenvalue weighted by Gasteiger charge is -1.91. The second kappa shape index (κ2) is 2.96. The van der Waals surface area contributed by atoms with Gasteiger partial charge < -0.3 is 10.1 Å². The number of hydrogen-bond acceptors (Lipinski definition) is 3. The summed E-state index contributed by atoms with van der Waals surface area (Å²) in [5, 5.41) is 8.31. The molecule has 0 atom stereocenters. The third-order valence-electron chi connectivity index (χ3n) is 1.07. The van der Waals surface area contributed by atoms with Crippen molar-refractivity contribution in [1.29, 1.82) is 0 Å². The number of hydrogen-bond donors (Lipinski definition) is 2. The van der Waals surface area contributed by atoms with Crippen LogP contribution in [0.3, 0.4) is 0 Å². The van der Waals surface area contributed by atoms with Crippen LogP contribution in [-0.4, -0.2) is 21.0 Å².